The molecule has 0 saturated carbocycles. The van der Waals surface area contributed by atoms with Crippen molar-refractivity contribution in [3.8, 4) is 0 Å². The number of nitrogens with two attached hydrogens (primary N) is 1. The van der Waals surface area contributed by atoms with Gasteiger partial charge in [0.1, 0.15) is 5.58 Å². The van der Waals surface area contributed by atoms with Crippen molar-refractivity contribution in [2.24, 2.45) is 5.73 Å². The Balaban J connectivity index is 2.71. The molecule has 3 heteroatoms. The fourth-order valence-corrected chi connectivity index (χ4v) is 1.88. The average Bonchev–Trinajstić information content (AvgIpc) is 2.63. The Morgan fingerprint density at radius 1 is 1.50 bits per heavy atom. The summed E-state index contributed by atoms with van der Waals surface area (Å²) in [5, 5.41) is 1.75. The molecule has 0 aliphatic carbocycles. The van der Waals surface area contributed by atoms with Crippen LogP contribution in [0.15, 0.2) is 22.8 Å². The summed E-state index contributed by atoms with van der Waals surface area (Å²) in [7, 11) is 0. The van der Waals surface area contributed by atoms with Gasteiger partial charge in [-0.05, 0) is 37.1 Å². The highest BCUT2D eigenvalue weighted by Gasteiger charge is 2.09. The van der Waals surface area contributed by atoms with E-state index in [-0.39, 0.29) is 0 Å². The molecular formula is C11H12ClNO. The summed E-state index contributed by atoms with van der Waals surface area (Å²) in [5.41, 5.74) is 8.61. The third-order valence-electron chi connectivity index (χ3n) is 2.34. The number of furan rings is 1. The molecule has 0 amide bonds. The molecule has 0 fully saturated rings. The fraction of sp³-hybridized carbons (Fsp3) is 0.273. The zero-order valence-corrected chi connectivity index (χ0v) is 8.77. The zero-order chi connectivity index (χ0) is 10.1. The minimum Gasteiger partial charge on any atom is -0.464 e. The van der Waals surface area contributed by atoms with E-state index in [1.165, 1.54) is 0 Å². The molecular weight excluding hydrogens is 198 g/mol. The van der Waals surface area contributed by atoms with Crippen LogP contribution in [0.1, 0.15) is 11.1 Å². The van der Waals surface area contributed by atoms with Gasteiger partial charge in [-0.3, -0.25) is 0 Å². The number of hydrogen-bond acceptors (Lipinski definition) is 2. The topological polar surface area (TPSA) is 39.2 Å². The highest BCUT2D eigenvalue weighted by molar-refractivity contribution is 6.36. The lowest BCUT2D eigenvalue weighted by atomic mass is 10.1. The molecule has 74 valence electrons. The second-order valence-electron chi connectivity index (χ2n) is 3.37. The molecule has 1 heterocycles. The lowest BCUT2D eigenvalue weighted by molar-refractivity contribution is 0.610. The standard InChI is InChI=1S/C11H12ClNO/c1-7-6-8(2-4-13)11-9(10(7)12)3-5-14-11/h3,5-6H,2,4,13H2,1H3. The summed E-state index contributed by atoms with van der Waals surface area (Å²) < 4.78 is 5.40. The van der Waals surface area contributed by atoms with Crippen molar-refractivity contribution < 1.29 is 4.42 Å². The lowest BCUT2D eigenvalue weighted by Gasteiger charge is -2.04. The first-order valence-electron chi connectivity index (χ1n) is 4.59. The van der Waals surface area contributed by atoms with Crippen molar-refractivity contribution in [1.29, 1.82) is 0 Å². The minimum absolute atomic E-state index is 0.622. The molecule has 2 nitrogen and oxygen atoms in total. The van der Waals surface area contributed by atoms with E-state index < -0.39 is 0 Å². The summed E-state index contributed by atoms with van der Waals surface area (Å²) in [4.78, 5) is 0. The van der Waals surface area contributed by atoms with Gasteiger partial charge in [0.15, 0.2) is 0 Å². The first-order chi connectivity index (χ1) is 6.74. The Morgan fingerprint density at radius 3 is 3.00 bits per heavy atom. The molecule has 0 aliphatic heterocycles. The Labute approximate surface area is 87.6 Å². The normalized spacial score (nSPS) is 11.1. The van der Waals surface area contributed by atoms with Gasteiger partial charge >= 0.3 is 0 Å². The molecule has 1 aromatic heterocycles. The third-order valence-corrected chi connectivity index (χ3v) is 2.85. The van der Waals surface area contributed by atoms with E-state index in [1.807, 2.05) is 19.1 Å². The Bertz CT molecular complexity index is 462. The quantitative estimate of drug-likeness (QED) is 0.826. The van der Waals surface area contributed by atoms with Gasteiger partial charge in [-0.15, -0.1) is 0 Å². The zero-order valence-electron chi connectivity index (χ0n) is 8.01. The molecule has 1 aromatic carbocycles. The van der Waals surface area contributed by atoms with Gasteiger partial charge in [-0.25, -0.2) is 0 Å². The second-order valence-corrected chi connectivity index (χ2v) is 3.75. The summed E-state index contributed by atoms with van der Waals surface area (Å²) in [6.45, 7) is 2.62. The molecule has 2 aromatic rings. The first-order valence-corrected chi connectivity index (χ1v) is 4.97. The van der Waals surface area contributed by atoms with Gasteiger partial charge in [0.05, 0.1) is 11.3 Å². The van der Waals surface area contributed by atoms with Crippen molar-refractivity contribution in [3.05, 3.63) is 34.5 Å². The molecule has 0 radical (unpaired) electrons. The van der Waals surface area contributed by atoms with Gasteiger partial charge < -0.3 is 10.2 Å². The number of benzene rings is 1. The van der Waals surface area contributed by atoms with E-state index >= 15 is 0 Å². The average molecular weight is 210 g/mol. The number of aryl methyl sites for hydroxylation is 1. The summed E-state index contributed by atoms with van der Waals surface area (Å²) in [5.74, 6) is 0. The fourth-order valence-electron chi connectivity index (χ4n) is 1.67. The molecule has 0 atom stereocenters. The molecule has 14 heavy (non-hydrogen) atoms. The van der Waals surface area contributed by atoms with Crippen LogP contribution in [0.25, 0.3) is 11.0 Å². The van der Waals surface area contributed by atoms with Gasteiger partial charge in [0.2, 0.25) is 0 Å². The maximum atomic E-state index is 6.15. The van der Waals surface area contributed by atoms with E-state index in [9.17, 15) is 0 Å². The van der Waals surface area contributed by atoms with Crippen LogP contribution < -0.4 is 5.73 Å². The summed E-state index contributed by atoms with van der Waals surface area (Å²) >= 11 is 6.15. The largest absolute Gasteiger partial charge is 0.464 e. The molecule has 0 unspecified atom stereocenters. The van der Waals surface area contributed by atoms with Crippen molar-refractivity contribution in [2.75, 3.05) is 6.54 Å². The van der Waals surface area contributed by atoms with Crippen LogP contribution in [0, 0.1) is 6.92 Å². The Hall–Kier alpha value is -0.990. The minimum atomic E-state index is 0.622. The van der Waals surface area contributed by atoms with Crippen molar-refractivity contribution in [3.63, 3.8) is 0 Å². The smallest absolute Gasteiger partial charge is 0.138 e. The van der Waals surface area contributed by atoms with E-state index in [0.717, 1.165) is 33.5 Å². The van der Waals surface area contributed by atoms with Crippen LogP contribution in [0.2, 0.25) is 5.02 Å². The van der Waals surface area contributed by atoms with Crippen LogP contribution in [0.3, 0.4) is 0 Å². The second kappa shape index (κ2) is 3.64. The van der Waals surface area contributed by atoms with Crippen LogP contribution in [0.4, 0.5) is 0 Å². The monoisotopic (exact) mass is 209 g/mol. The molecule has 2 N–H and O–H groups in total. The number of rotatable bonds is 2. The predicted octanol–water partition coefficient (Wildman–Crippen LogP) is 2.90. The maximum absolute atomic E-state index is 6.15. The molecule has 0 bridgehead atoms. The number of halogens is 1. The molecule has 0 aliphatic rings. The number of hydrogen-bond donors (Lipinski definition) is 1. The van der Waals surface area contributed by atoms with E-state index in [0.29, 0.717) is 6.54 Å². The highest BCUT2D eigenvalue weighted by atomic mass is 35.5. The van der Waals surface area contributed by atoms with E-state index in [2.05, 4.69) is 0 Å². The van der Waals surface area contributed by atoms with Crippen LogP contribution in [0.5, 0.6) is 0 Å². The number of fused-ring (bicyclic) bond motifs is 1. The maximum Gasteiger partial charge on any atom is 0.138 e. The van der Waals surface area contributed by atoms with Crippen molar-refractivity contribution >= 4 is 22.6 Å². The predicted molar refractivity (Wildman–Crippen MR) is 58.7 cm³/mol. The van der Waals surface area contributed by atoms with Crippen LogP contribution in [-0.2, 0) is 6.42 Å². The molecule has 0 spiro atoms. The van der Waals surface area contributed by atoms with Crippen LogP contribution in [-0.4, -0.2) is 6.54 Å². The van der Waals surface area contributed by atoms with E-state index in [1.54, 1.807) is 6.26 Å². The van der Waals surface area contributed by atoms with Gasteiger partial charge in [-0.2, -0.15) is 0 Å². The Kier molecular flexibility index (Phi) is 2.48. The molecule has 2 rings (SSSR count). The SMILES string of the molecule is Cc1cc(CCN)c2occc2c1Cl. The van der Waals surface area contributed by atoms with Crippen LogP contribution >= 0.6 is 11.6 Å². The van der Waals surface area contributed by atoms with Crippen molar-refractivity contribution in [1.82, 2.24) is 0 Å². The van der Waals surface area contributed by atoms with E-state index in [4.69, 9.17) is 21.8 Å². The molecule has 0 saturated heterocycles. The first kappa shape index (κ1) is 9.56. The lowest BCUT2D eigenvalue weighted by Crippen LogP contribution is -2.03. The Morgan fingerprint density at radius 2 is 2.29 bits per heavy atom. The highest BCUT2D eigenvalue weighted by Crippen LogP contribution is 2.30. The van der Waals surface area contributed by atoms with Gasteiger partial charge in [0, 0.05) is 5.39 Å². The summed E-state index contributed by atoms with van der Waals surface area (Å²) in [6.07, 6.45) is 2.48. The van der Waals surface area contributed by atoms with Crippen molar-refractivity contribution in [2.45, 2.75) is 13.3 Å². The summed E-state index contributed by atoms with van der Waals surface area (Å²) in [6, 6.07) is 3.94. The van der Waals surface area contributed by atoms with Gasteiger partial charge in [-0.1, -0.05) is 17.7 Å². The van der Waals surface area contributed by atoms with Gasteiger partial charge in [0.25, 0.3) is 0 Å². The third kappa shape index (κ3) is 1.41.